The van der Waals surface area contributed by atoms with Gasteiger partial charge in [0.1, 0.15) is 6.61 Å². The molecule has 0 saturated carbocycles. The third-order valence-corrected chi connectivity index (χ3v) is 3.37. The van der Waals surface area contributed by atoms with Crippen molar-refractivity contribution in [3.8, 4) is 17.1 Å². The number of nitrogens with zero attached hydrogens (tertiary/aromatic N) is 2. The zero-order chi connectivity index (χ0) is 16.8. The van der Waals surface area contributed by atoms with Gasteiger partial charge in [0.25, 0.3) is 5.91 Å². The van der Waals surface area contributed by atoms with Crippen LogP contribution in [0.25, 0.3) is 11.3 Å². The molecule has 3 aromatic rings. The second-order valence-corrected chi connectivity index (χ2v) is 5.20. The summed E-state index contributed by atoms with van der Waals surface area (Å²) >= 11 is 0. The molecule has 0 aliphatic heterocycles. The Morgan fingerprint density at radius 3 is 2.62 bits per heavy atom. The molecule has 2 heterocycles. The van der Waals surface area contributed by atoms with Crippen molar-refractivity contribution in [3.05, 3.63) is 66.1 Å². The number of carbonyl (C=O) groups excluding carboxylic acids is 1. The Bertz CT molecular complexity index is 781. The average molecular weight is 323 g/mol. The molecule has 0 unspecified atom stereocenters. The minimum absolute atomic E-state index is 0.274. The normalized spacial score (nSPS) is 10.4. The van der Waals surface area contributed by atoms with Gasteiger partial charge in [0.15, 0.2) is 5.76 Å². The molecule has 0 spiro atoms. The number of aromatic nitrogens is 2. The number of hydrogen-bond donors (Lipinski definition) is 1. The van der Waals surface area contributed by atoms with Crippen LogP contribution in [0.15, 0.2) is 59.2 Å². The van der Waals surface area contributed by atoms with Gasteiger partial charge in [-0.05, 0) is 25.1 Å². The van der Waals surface area contributed by atoms with Crippen molar-refractivity contribution < 1.29 is 13.9 Å². The van der Waals surface area contributed by atoms with E-state index in [9.17, 15) is 4.79 Å². The van der Waals surface area contributed by atoms with Crippen LogP contribution in [0.5, 0.6) is 5.88 Å². The van der Waals surface area contributed by atoms with E-state index in [0.29, 0.717) is 19.0 Å². The van der Waals surface area contributed by atoms with Crippen LogP contribution in [-0.4, -0.2) is 29.3 Å². The lowest BCUT2D eigenvalue weighted by molar-refractivity contribution is 0.0919. The van der Waals surface area contributed by atoms with E-state index in [-0.39, 0.29) is 11.7 Å². The lowest BCUT2D eigenvalue weighted by Crippen LogP contribution is -2.27. The van der Waals surface area contributed by atoms with E-state index in [4.69, 9.17) is 9.15 Å². The molecule has 0 radical (unpaired) electrons. The number of aryl methyl sites for hydroxylation is 1. The summed E-state index contributed by atoms with van der Waals surface area (Å²) < 4.78 is 10.5. The van der Waals surface area contributed by atoms with Gasteiger partial charge in [0, 0.05) is 11.6 Å². The molecule has 1 aromatic carbocycles. The van der Waals surface area contributed by atoms with Crippen LogP contribution in [0.1, 0.15) is 16.1 Å². The lowest BCUT2D eigenvalue weighted by Gasteiger charge is -2.06. The standard InChI is InChI=1S/C18H17N3O3/c1-13-4-6-14(7-5-13)15-8-9-17(21-20-15)24-12-10-19-18(22)16-3-2-11-23-16/h2-9,11H,10,12H2,1H3,(H,19,22). The van der Waals surface area contributed by atoms with E-state index >= 15 is 0 Å². The molecule has 2 aromatic heterocycles. The van der Waals surface area contributed by atoms with Crippen molar-refractivity contribution in [1.82, 2.24) is 15.5 Å². The van der Waals surface area contributed by atoms with E-state index in [1.54, 1.807) is 18.2 Å². The van der Waals surface area contributed by atoms with Crippen LogP contribution >= 0.6 is 0 Å². The Hall–Kier alpha value is -3.15. The van der Waals surface area contributed by atoms with Crippen LogP contribution in [-0.2, 0) is 0 Å². The Balaban J connectivity index is 1.48. The van der Waals surface area contributed by atoms with Gasteiger partial charge in [0.2, 0.25) is 5.88 Å². The minimum atomic E-state index is -0.274. The molecule has 1 amide bonds. The summed E-state index contributed by atoms with van der Waals surface area (Å²) in [6, 6.07) is 15.0. The number of carbonyl (C=O) groups is 1. The van der Waals surface area contributed by atoms with E-state index in [0.717, 1.165) is 11.3 Å². The molecule has 0 aliphatic rings. The first kappa shape index (κ1) is 15.7. The summed E-state index contributed by atoms with van der Waals surface area (Å²) in [5, 5.41) is 10.9. The van der Waals surface area contributed by atoms with Crippen molar-refractivity contribution >= 4 is 5.91 Å². The molecule has 0 saturated heterocycles. The zero-order valence-electron chi connectivity index (χ0n) is 13.2. The maximum Gasteiger partial charge on any atom is 0.287 e. The molecular weight excluding hydrogens is 306 g/mol. The number of benzene rings is 1. The monoisotopic (exact) mass is 323 g/mol. The summed E-state index contributed by atoms with van der Waals surface area (Å²) in [4.78, 5) is 11.7. The van der Waals surface area contributed by atoms with Gasteiger partial charge in [-0.1, -0.05) is 29.8 Å². The van der Waals surface area contributed by atoms with E-state index in [1.165, 1.54) is 11.8 Å². The fraction of sp³-hybridized carbons (Fsp3) is 0.167. The van der Waals surface area contributed by atoms with Crippen molar-refractivity contribution in [1.29, 1.82) is 0 Å². The molecular formula is C18H17N3O3. The van der Waals surface area contributed by atoms with E-state index in [2.05, 4.69) is 15.5 Å². The smallest absolute Gasteiger partial charge is 0.287 e. The molecule has 24 heavy (non-hydrogen) atoms. The van der Waals surface area contributed by atoms with Crippen molar-refractivity contribution in [2.24, 2.45) is 0 Å². The highest BCUT2D eigenvalue weighted by Crippen LogP contribution is 2.18. The largest absolute Gasteiger partial charge is 0.475 e. The minimum Gasteiger partial charge on any atom is -0.475 e. The van der Waals surface area contributed by atoms with Gasteiger partial charge in [-0.25, -0.2) is 0 Å². The molecule has 122 valence electrons. The molecule has 0 fully saturated rings. The second-order valence-electron chi connectivity index (χ2n) is 5.20. The quantitative estimate of drug-likeness (QED) is 0.706. The molecule has 0 aliphatic carbocycles. The SMILES string of the molecule is Cc1ccc(-c2ccc(OCCNC(=O)c3ccco3)nn2)cc1. The van der Waals surface area contributed by atoms with Crippen molar-refractivity contribution in [2.45, 2.75) is 6.92 Å². The topological polar surface area (TPSA) is 77.2 Å². The predicted octanol–water partition coefficient (Wildman–Crippen LogP) is 2.85. The first-order chi connectivity index (χ1) is 11.7. The lowest BCUT2D eigenvalue weighted by atomic mass is 10.1. The highest BCUT2D eigenvalue weighted by molar-refractivity contribution is 5.91. The number of rotatable bonds is 6. The molecule has 3 rings (SSSR count). The van der Waals surface area contributed by atoms with Crippen LogP contribution in [0.4, 0.5) is 0 Å². The first-order valence-corrected chi connectivity index (χ1v) is 7.57. The number of furan rings is 1. The molecule has 0 atom stereocenters. The fourth-order valence-corrected chi connectivity index (χ4v) is 2.09. The van der Waals surface area contributed by atoms with Gasteiger partial charge in [-0.15, -0.1) is 10.2 Å². The van der Waals surface area contributed by atoms with Gasteiger partial charge in [-0.2, -0.15) is 0 Å². The Labute approximate surface area is 139 Å². The van der Waals surface area contributed by atoms with Crippen LogP contribution < -0.4 is 10.1 Å². The molecule has 0 bridgehead atoms. The van der Waals surface area contributed by atoms with Crippen LogP contribution in [0, 0.1) is 6.92 Å². The van der Waals surface area contributed by atoms with Gasteiger partial charge >= 0.3 is 0 Å². The van der Waals surface area contributed by atoms with Crippen LogP contribution in [0.2, 0.25) is 0 Å². The third-order valence-electron chi connectivity index (χ3n) is 3.37. The number of nitrogens with one attached hydrogen (secondary N) is 1. The summed E-state index contributed by atoms with van der Waals surface area (Å²) in [5.41, 5.74) is 2.99. The summed E-state index contributed by atoms with van der Waals surface area (Å²) in [5.74, 6) is 0.416. The maximum atomic E-state index is 11.7. The van der Waals surface area contributed by atoms with Crippen LogP contribution in [0.3, 0.4) is 0 Å². The number of amides is 1. The summed E-state index contributed by atoms with van der Waals surface area (Å²) in [6.45, 7) is 2.68. The highest BCUT2D eigenvalue weighted by Gasteiger charge is 2.07. The Kier molecular flexibility index (Phi) is 4.86. The van der Waals surface area contributed by atoms with Gasteiger partial charge in [0.05, 0.1) is 18.5 Å². The molecule has 1 N–H and O–H groups in total. The van der Waals surface area contributed by atoms with Gasteiger partial charge < -0.3 is 14.5 Å². The maximum absolute atomic E-state index is 11.7. The summed E-state index contributed by atoms with van der Waals surface area (Å²) in [6.07, 6.45) is 1.45. The van der Waals surface area contributed by atoms with E-state index in [1.807, 2.05) is 37.3 Å². The fourth-order valence-electron chi connectivity index (χ4n) is 2.09. The average Bonchev–Trinajstić information content (AvgIpc) is 3.15. The molecule has 6 nitrogen and oxygen atoms in total. The number of hydrogen-bond acceptors (Lipinski definition) is 5. The highest BCUT2D eigenvalue weighted by atomic mass is 16.5. The van der Waals surface area contributed by atoms with E-state index < -0.39 is 0 Å². The predicted molar refractivity (Wildman–Crippen MR) is 88.7 cm³/mol. The zero-order valence-corrected chi connectivity index (χ0v) is 13.2. The summed E-state index contributed by atoms with van der Waals surface area (Å²) in [7, 11) is 0. The Morgan fingerprint density at radius 2 is 1.96 bits per heavy atom. The second kappa shape index (κ2) is 7.41. The molecule has 6 heteroatoms. The van der Waals surface area contributed by atoms with Crippen molar-refractivity contribution in [2.75, 3.05) is 13.2 Å². The third kappa shape index (κ3) is 3.98. The number of ether oxygens (including phenoxy) is 1. The first-order valence-electron chi connectivity index (χ1n) is 7.57. The van der Waals surface area contributed by atoms with Crippen molar-refractivity contribution in [3.63, 3.8) is 0 Å². The Morgan fingerprint density at radius 1 is 1.12 bits per heavy atom. The van der Waals surface area contributed by atoms with Gasteiger partial charge in [-0.3, -0.25) is 4.79 Å².